The smallest absolute Gasteiger partial charge is 0.247 e. The van der Waals surface area contributed by atoms with Crippen molar-refractivity contribution in [2.75, 3.05) is 20.3 Å². The predicted octanol–water partition coefficient (Wildman–Crippen LogP) is 3.58. The monoisotopic (exact) mass is 388 g/mol. The highest BCUT2D eigenvalue weighted by Gasteiger charge is 2.29. The van der Waals surface area contributed by atoms with Crippen LogP contribution in [0.15, 0.2) is 54.6 Å². The zero-order chi connectivity index (χ0) is 19.6. The molecule has 0 fully saturated rings. The SMILES string of the molecule is COCCCNC(=O)[C@@H](c1ccccc1)N(Cc1ccc(Cl)cc1)C(C)=O. The van der Waals surface area contributed by atoms with Crippen LogP contribution in [0.1, 0.15) is 30.5 Å². The first kappa shape index (κ1) is 20.9. The van der Waals surface area contributed by atoms with Crippen LogP contribution in [0.3, 0.4) is 0 Å². The molecule has 144 valence electrons. The molecule has 0 saturated heterocycles. The topological polar surface area (TPSA) is 58.6 Å². The van der Waals surface area contributed by atoms with E-state index in [1.165, 1.54) is 6.92 Å². The number of amides is 2. The van der Waals surface area contributed by atoms with Crippen molar-refractivity contribution in [2.24, 2.45) is 0 Å². The number of nitrogens with one attached hydrogen (secondary N) is 1. The van der Waals surface area contributed by atoms with Crippen molar-refractivity contribution in [1.29, 1.82) is 0 Å². The number of methoxy groups -OCH3 is 1. The summed E-state index contributed by atoms with van der Waals surface area (Å²) in [5.74, 6) is -0.382. The minimum Gasteiger partial charge on any atom is -0.385 e. The third kappa shape index (κ3) is 6.38. The number of hydrogen-bond donors (Lipinski definition) is 1. The normalized spacial score (nSPS) is 11.7. The van der Waals surface area contributed by atoms with Gasteiger partial charge in [-0.05, 0) is 29.7 Å². The highest BCUT2D eigenvalue weighted by molar-refractivity contribution is 6.30. The quantitative estimate of drug-likeness (QED) is 0.668. The number of benzene rings is 2. The van der Waals surface area contributed by atoms with E-state index in [4.69, 9.17) is 16.3 Å². The Hall–Kier alpha value is -2.37. The van der Waals surface area contributed by atoms with Crippen LogP contribution in [0.2, 0.25) is 5.02 Å². The van der Waals surface area contributed by atoms with Gasteiger partial charge in [-0.2, -0.15) is 0 Å². The van der Waals surface area contributed by atoms with Gasteiger partial charge in [0.05, 0.1) is 0 Å². The van der Waals surface area contributed by atoms with Crippen LogP contribution in [0, 0.1) is 0 Å². The maximum Gasteiger partial charge on any atom is 0.247 e. The molecular weight excluding hydrogens is 364 g/mol. The molecule has 0 bridgehead atoms. The van der Waals surface area contributed by atoms with E-state index in [0.29, 0.717) is 31.1 Å². The molecule has 5 nitrogen and oxygen atoms in total. The molecule has 0 radical (unpaired) electrons. The van der Waals surface area contributed by atoms with Crippen molar-refractivity contribution >= 4 is 23.4 Å². The molecule has 0 aromatic heterocycles. The summed E-state index contributed by atoms with van der Waals surface area (Å²) in [7, 11) is 1.62. The molecule has 0 spiro atoms. The Morgan fingerprint density at radius 1 is 1.11 bits per heavy atom. The second kappa shape index (κ2) is 10.7. The summed E-state index contributed by atoms with van der Waals surface area (Å²) in [6.45, 7) is 2.85. The van der Waals surface area contributed by atoms with Gasteiger partial charge in [0, 0.05) is 38.8 Å². The number of rotatable bonds is 9. The van der Waals surface area contributed by atoms with Crippen molar-refractivity contribution < 1.29 is 14.3 Å². The minimum atomic E-state index is -0.707. The first-order valence-electron chi connectivity index (χ1n) is 8.86. The van der Waals surface area contributed by atoms with Gasteiger partial charge in [-0.1, -0.05) is 54.1 Å². The highest BCUT2D eigenvalue weighted by Crippen LogP contribution is 2.24. The zero-order valence-electron chi connectivity index (χ0n) is 15.7. The molecule has 27 heavy (non-hydrogen) atoms. The molecule has 6 heteroatoms. The number of carbonyl (C=O) groups is 2. The molecule has 0 saturated carbocycles. The lowest BCUT2D eigenvalue weighted by molar-refractivity contribution is -0.140. The fourth-order valence-corrected chi connectivity index (χ4v) is 2.93. The van der Waals surface area contributed by atoms with E-state index in [1.54, 1.807) is 24.1 Å². The maximum atomic E-state index is 12.9. The first-order valence-corrected chi connectivity index (χ1v) is 9.24. The van der Waals surface area contributed by atoms with E-state index < -0.39 is 6.04 Å². The summed E-state index contributed by atoms with van der Waals surface area (Å²) in [5.41, 5.74) is 1.67. The van der Waals surface area contributed by atoms with Gasteiger partial charge < -0.3 is 15.0 Å². The lowest BCUT2D eigenvalue weighted by Gasteiger charge is -2.30. The van der Waals surface area contributed by atoms with Gasteiger partial charge in [0.1, 0.15) is 6.04 Å². The van der Waals surface area contributed by atoms with Crippen molar-refractivity contribution in [3.63, 3.8) is 0 Å². The fraction of sp³-hybridized carbons (Fsp3) is 0.333. The minimum absolute atomic E-state index is 0.175. The molecule has 0 aliphatic carbocycles. The van der Waals surface area contributed by atoms with Gasteiger partial charge in [-0.25, -0.2) is 0 Å². The number of carbonyl (C=O) groups excluding carboxylic acids is 2. The number of nitrogens with zero attached hydrogens (tertiary/aromatic N) is 1. The molecule has 0 heterocycles. The molecule has 0 unspecified atom stereocenters. The van der Waals surface area contributed by atoms with Gasteiger partial charge in [0.2, 0.25) is 11.8 Å². The molecule has 1 atom stereocenters. The zero-order valence-corrected chi connectivity index (χ0v) is 16.4. The van der Waals surface area contributed by atoms with Crippen LogP contribution in [0.5, 0.6) is 0 Å². The Morgan fingerprint density at radius 2 is 1.78 bits per heavy atom. The lowest BCUT2D eigenvalue weighted by Crippen LogP contribution is -2.43. The van der Waals surface area contributed by atoms with E-state index in [0.717, 1.165) is 11.1 Å². The second-order valence-electron chi connectivity index (χ2n) is 6.22. The Bertz CT molecular complexity index is 735. The molecule has 1 N–H and O–H groups in total. The van der Waals surface area contributed by atoms with Crippen molar-refractivity contribution in [3.05, 3.63) is 70.7 Å². The van der Waals surface area contributed by atoms with E-state index in [9.17, 15) is 9.59 Å². The Kier molecular flexibility index (Phi) is 8.30. The number of halogens is 1. The van der Waals surface area contributed by atoms with Crippen LogP contribution in [0.4, 0.5) is 0 Å². The van der Waals surface area contributed by atoms with Crippen molar-refractivity contribution in [2.45, 2.75) is 25.9 Å². The van der Waals surface area contributed by atoms with E-state index >= 15 is 0 Å². The average Bonchev–Trinajstić information content (AvgIpc) is 2.67. The summed E-state index contributed by atoms with van der Waals surface area (Å²) < 4.78 is 5.02. The molecule has 2 amide bonds. The van der Waals surface area contributed by atoms with Crippen molar-refractivity contribution in [3.8, 4) is 0 Å². The van der Waals surface area contributed by atoms with Gasteiger partial charge in [-0.3, -0.25) is 9.59 Å². The first-order chi connectivity index (χ1) is 13.0. The van der Waals surface area contributed by atoms with Crippen LogP contribution < -0.4 is 5.32 Å². The maximum absolute atomic E-state index is 12.9. The second-order valence-corrected chi connectivity index (χ2v) is 6.66. The van der Waals surface area contributed by atoms with E-state index in [-0.39, 0.29) is 11.8 Å². The number of ether oxygens (including phenoxy) is 1. The van der Waals surface area contributed by atoms with Gasteiger partial charge >= 0.3 is 0 Å². The molecule has 0 aliphatic heterocycles. The Morgan fingerprint density at radius 3 is 2.37 bits per heavy atom. The third-order valence-electron chi connectivity index (χ3n) is 4.17. The molecule has 2 rings (SSSR count). The summed E-state index contributed by atoms with van der Waals surface area (Å²) in [5, 5.41) is 3.54. The Balaban J connectivity index is 2.26. The van der Waals surface area contributed by atoms with Gasteiger partial charge in [0.15, 0.2) is 0 Å². The largest absolute Gasteiger partial charge is 0.385 e. The van der Waals surface area contributed by atoms with Crippen LogP contribution in [0.25, 0.3) is 0 Å². The van der Waals surface area contributed by atoms with E-state index in [1.807, 2.05) is 42.5 Å². The van der Waals surface area contributed by atoms with Gasteiger partial charge in [0.25, 0.3) is 0 Å². The predicted molar refractivity (Wildman–Crippen MR) is 106 cm³/mol. The van der Waals surface area contributed by atoms with Crippen LogP contribution in [-0.4, -0.2) is 37.0 Å². The summed E-state index contributed by atoms with van der Waals surface area (Å²) in [6.07, 6.45) is 0.709. The van der Waals surface area contributed by atoms with E-state index in [2.05, 4.69) is 5.32 Å². The number of hydrogen-bond acceptors (Lipinski definition) is 3. The fourth-order valence-electron chi connectivity index (χ4n) is 2.80. The van der Waals surface area contributed by atoms with Gasteiger partial charge in [-0.15, -0.1) is 0 Å². The Labute approximate surface area is 165 Å². The third-order valence-corrected chi connectivity index (χ3v) is 4.42. The highest BCUT2D eigenvalue weighted by atomic mass is 35.5. The van der Waals surface area contributed by atoms with Crippen LogP contribution in [-0.2, 0) is 20.9 Å². The summed E-state index contributed by atoms with van der Waals surface area (Å²) in [4.78, 5) is 26.9. The molecule has 0 aliphatic rings. The molecule has 2 aromatic carbocycles. The molecule has 2 aromatic rings. The summed E-state index contributed by atoms with van der Waals surface area (Å²) in [6, 6.07) is 15.9. The standard InChI is InChI=1S/C21H25ClN2O3/c1-16(25)24(15-17-9-11-19(22)12-10-17)20(18-7-4-3-5-8-18)21(26)23-13-6-14-27-2/h3-5,7-12,20H,6,13-15H2,1-2H3,(H,23,26)/t20-/m1/s1. The molecular formula is C21H25ClN2O3. The average molecular weight is 389 g/mol. The lowest BCUT2D eigenvalue weighted by atomic mass is 10.0. The van der Waals surface area contributed by atoms with Crippen LogP contribution >= 0.6 is 11.6 Å². The van der Waals surface area contributed by atoms with Crippen molar-refractivity contribution in [1.82, 2.24) is 10.2 Å². The summed E-state index contributed by atoms with van der Waals surface area (Å²) >= 11 is 5.95.